The molecule has 0 aliphatic rings. The first-order valence-electron chi connectivity index (χ1n) is 7.02. The molecule has 2 heterocycles. The second-order valence-electron chi connectivity index (χ2n) is 5.10. The largest absolute Gasteiger partial charge is 0.332 e. The molecule has 0 saturated carbocycles. The highest BCUT2D eigenvalue weighted by Crippen LogP contribution is 2.24. The number of hydrogen-bond donors (Lipinski definition) is 0. The van der Waals surface area contributed by atoms with Gasteiger partial charge in [-0.1, -0.05) is 36.4 Å². The zero-order valence-corrected chi connectivity index (χ0v) is 11.6. The lowest BCUT2D eigenvalue weighted by Gasteiger charge is -2.11. The fourth-order valence-electron chi connectivity index (χ4n) is 2.78. The maximum Gasteiger partial charge on any atom is 0.0949 e. The van der Waals surface area contributed by atoms with Gasteiger partial charge in [0.1, 0.15) is 0 Å². The molecular formula is C18H15N3. The van der Waals surface area contributed by atoms with E-state index in [9.17, 15) is 0 Å². The maximum atomic E-state index is 4.13. The Labute approximate surface area is 123 Å². The summed E-state index contributed by atoms with van der Waals surface area (Å²) in [6.45, 7) is 0.809. The monoisotopic (exact) mass is 273 g/mol. The van der Waals surface area contributed by atoms with Crippen LogP contribution in [0.5, 0.6) is 0 Å². The molecule has 2 aromatic carbocycles. The van der Waals surface area contributed by atoms with Crippen molar-refractivity contribution < 1.29 is 0 Å². The van der Waals surface area contributed by atoms with Crippen molar-refractivity contribution in [3.05, 3.63) is 85.1 Å². The molecule has 4 aromatic rings. The molecule has 0 atom stereocenters. The summed E-state index contributed by atoms with van der Waals surface area (Å²) in [4.78, 5) is 4.13. The van der Waals surface area contributed by atoms with Gasteiger partial charge in [0.15, 0.2) is 0 Å². The van der Waals surface area contributed by atoms with Gasteiger partial charge in [-0.2, -0.15) is 0 Å². The molecule has 0 unspecified atom stereocenters. The van der Waals surface area contributed by atoms with Gasteiger partial charge in [0, 0.05) is 29.2 Å². The lowest BCUT2D eigenvalue weighted by Crippen LogP contribution is -2.04. The highest BCUT2D eigenvalue weighted by molar-refractivity contribution is 5.83. The Hall–Kier alpha value is -2.81. The molecule has 0 aliphatic carbocycles. The van der Waals surface area contributed by atoms with Crippen LogP contribution >= 0.6 is 0 Å². The van der Waals surface area contributed by atoms with Gasteiger partial charge in [0.2, 0.25) is 0 Å². The van der Waals surface area contributed by atoms with E-state index in [1.165, 1.54) is 22.3 Å². The van der Waals surface area contributed by atoms with E-state index in [-0.39, 0.29) is 0 Å². The van der Waals surface area contributed by atoms with Gasteiger partial charge in [-0.3, -0.25) is 0 Å². The summed E-state index contributed by atoms with van der Waals surface area (Å²) in [7, 11) is 0. The predicted molar refractivity (Wildman–Crippen MR) is 84.6 cm³/mol. The molecule has 0 aliphatic heterocycles. The Morgan fingerprint density at radius 3 is 2.52 bits per heavy atom. The SMILES string of the molecule is c1ccc(-n2c(Cn3ccnc3)cc3ccccc32)cc1. The van der Waals surface area contributed by atoms with Crippen molar-refractivity contribution in [2.24, 2.45) is 0 Å². The van der Waals surface area contributed by atoms with E-state index < -0.39 is 0 Å². The van der Waals surface area contributed by atoms with E-state index in [0.29, 0.717) is 0 Å². The third-order valence-corrected chi connectivity index (χ3v) is 3.71. The topological polar surface area (TPSA) is 22.8 Å². The summed E-state index contributed by atoms with van der Waals surface area (Å²) in [5, 5.41) is 1.26. The van der Waals surface area contributed by atoms with Crippen molar-refractivity contribution in [1.82, 2.24) is 14.1 Å². The summed E-state index contributed by atoms with van der Waals surface area (Å²) in [5.41, 5.74) is 3.67. The van der Waals surface area contributed by atoms with E-state index in [0.717, 1.165) is 6.54 Å². The molecule has 4 rings (SSSR count). The quantitative estimate of drug-likeness (QED) is 0.555. The van der Waals surface area contributed by atoms with Gasteiger partial charge < -0.3 is 9.13 Å². The van der Waals surface area contributed by atoms with Crippen LogP contribution in [0.4, 0.5) is 0 Å². The number of rotatable bonds is 3. The molecule has 0 N–H and O–H groups in total. The molecule has 3 heteroatoms. The van der Waals surface area contributed by atoms with Gasteiger partial charge >= 0.3 is 0 Å². The van der Waals surface area contributed by atoms with Crippen LogP contribution in [0.3, 0.4) is 0 Å². The van der Waals surface area contributed by atoms with E-state index >= 15 is 0 Å². The number of nitrogens with zero attached hydrogens (tertiary/aromatic N) is 3. The third-order valence-electron chi connectivity index (χ3n) is 3.71. The second kappa shape index (κ2) is 4.94. The molecule has 0 spiro atoms. The Bertz CT molecular complexity index is 858. The number of benzene rings is 2. The number of imidazole rings is 1. The molecular weight excluding hydrogens is 258 g/mol. The first kappa shape index (κ1) is 12.0. The Kier molecular flexibility index (Phi) is 2.82. The van der Waals surface area contributed by atoms with E-state index in [2.05, 4.69) is 68.7 Å². The molecule has 0 amide bonds. The van der Waals surface area contributed by atoms with Crippen molar-refractivity contribution in [2.45, 2.75) is 6.54 Å². The predicted octanol–water partition coefficient (Wildman–Crippen LogP) is 3.88. The van der Waals surface area contributed by atoms with Crippen LogP contribution in [0.15, 0.2) is 79.4 Å². The summed E-state index contributed by atoms with van der Waals surface area (Å²) < 4.78 is 4.41. The van der Waals surface area contributed by atoms with Gasteiger partial charge in [-0.05, 0) is 24.3 Å². The normalized spacial score (nSPS) is 11.0. The summed E-state index contributed by atoms with van der Waals surface area (Å²) in [5.74, 6) is 0. The van der Waals surface area contributed by atoms with E-state index in [4.69, 9.17) is 0 Å². The maximum absolute atomic E-state index is 4.13. The second-order valence-corrected chi connectivity index (χ2v) is 5.10. The van der Waals surface area contributed by atoms with Crippen LogP contribution in [-0.2, 0) is 6.54 Å². The fourth-order valence-corrected chi connectivity index (χ4v) is 2.78. The zero-order valence-electron chi connectivity index (χ0n) is 11.6. The highest BCUT2D eigenvalue weighted by atomic mass is 15.1. The number of para-hydroxylation sites is 2. The Morgan fingerprint density at radius 1 is 0.905 bits per heavy atom. The van der Waals surface area contributed by atoms with Crippen molar-refractivity contribution in [2.75, 3.05) is 0 Å². The number of hydrogen-bond acceptors (Lipinski definition) is 1. The molecule has 0 saturated heterocycles. The van der Waals surface area contributed by atoms with Crippen molar-refractivity contribution in [3.8, 4) is 5.69 Å². The van der Waals surface area contributed by atoms with Gasteiger partial charge in [0.05, 0.1) is 18.4 Å². The average Bonchev–Trinajstić information content (AvgIpc) is 3.15. The molecule has 0 radical (unpaired) electrons. The summed E-state index contributed by atoms with van der Waals surface area (Å²) >= 11 is 0. The number of fused-ring (bicyclic) bond motifs is 1. The van der Waals surface area contributed by atoms with Crippen LogP contribution in [0.25, 0.3) is 16.6 Å². The van der Waals surface area contributed by atoms with Gasteiger partial charge in [0.25, 0.3) is 0 Å². The van der Waals surface area contributed by atoms with Crippen molar-refractivity contribution in [3.63, 3.8) is 0 Å². The van der Waals surface area contributed by atoms with Crippen LogP contribution in [0.1, 0.15) is 5.69 Å². The fraction of sp³-hybridized carbons (Fsp3) is 0.0556. The lowest BCUT2D eigenvalue weighted by atomic mass is 10.2. The highest BCUT2D eigenvalue weighted by Gasteiger charge is 2.10. The summed E-state index contributed by atoms with van der Waals surface area (Å²) in [6, 6.07) is 21.2. The Morgan fingerprint density at radius 2 is 1.71 bits per heavy atom. The number of aromatic nitrogens is 3. The van der Waals surface area contributed by atoms with Crippen LogP contribution in [-0.4, -0.2) is 14.1 Å². The van der Waals surface area contributed by atoms with Crippen LogP contribution in [0, 0.1) is 0 Å². The molecule has 102 valence electrons. The Balaban J connectivity index is 1.93. The summed E-state index contributed by atoms with van der Waals surface area (Å²) in [6.07, 6.45) is 5.66. The van der Waals surface area contributed by atoms with Crippen LogP contribution < -0.4 is 0 Å². The minimum Gasteiger partial charge on any atom is -0.332 e. The smallest absolute Gasteiger partial charge is 0.0949 e. The molecule has 3 nitrogen and oxygen atoms in total. The van der Waals surface area contributed by atoms with Crippen molar-refractivity contribution >= 4 is 10.9 Å². The average molecular weight is 273 g/mol. The van der Waals surface area contributed by atoms with E-state index in [1.54, 1.807) is 0 Å². The molecule has 2 aromatic heterocycles. The first-order chi connectivity index (χ1) is 10.4. The first-order valence-corrected chi connectivity index (χ1v) is 7.02. The zero-order chi connectivity index (χ0) is 14.1. The molecule has 0 fully saturated rings. The van der Waals surface area contributed by atoms with Crippen LogP contribution in [0.2, 0.25) is 0 Å². The lowest BCUT2D eigenvalue weighted by molar-refractivity contribution is 0.758. The molecule has 21 heavy (non-hydrogen) atoms. The van der Waals surface area contributed by atoms with E-state index in [1.807, 2.05) is 24.8 Å². The minimum absolute atomic E-state index is 0.809. The van der Waals surface area contributed by atoms with Gasteiger partial charge in [-0.15, -0.1) is 0 Å². The molecule has 0 bridgehead atoms. The third kappa shape index (κ3) is 2.13. The van der Waals surface area contributed by atoms with Gasteiger partial charge in [-0.25, -0.2) is 4.98 Å². The minimum atomic E-state index is 0.809. The van der Waals surface area contributed by atoms with Crippen molar-refractivity contribution in [1.29, 1.82) is 0 Å². The standard InChI is InChI=1S/C18H15N3/c1-2-7-16(8-3-1)21-17(13-20-11-10-19-14-20)12-15-6-4-5-9-18(15)21/h1-12,14H,13H2.